The van der Waals surface area contributed by atoms with Crippen LogP contribution in [0.4, 0.5) is 8.78 Å². The van der Waals surface area contributed by atoms with Gasteiger partial charge in [0.25, 0.3) is 5.91 Å². The van der Waals surface area contributed by atoms with Gasteiger partial charge in [0.15, 0.2) is 11.6 Å². The maximum atomic E-state index is 14.2. The molecule has 1 aliphatic rings. The molecule has 0 bridgehead atoms. The van der Waals surface area contributed by atoms with Gasteiger partial charge in [0.1, 0.15) is 5.56 Å². The summed E-state index contributed by atoms with van der Waals surface area (Å²) in [6.45, 7) is 5.58. The number of rotatable bonds is 3. The molecule has 3 aromatic rings. The summed E-state index contributed by atoms with van der Waals surface area (Å²) in [5.74, 6) is -2.54. The number of halogens is 2. The van der Waals surface area contributed by atoms with Crippen LogP contribution in [0.5, 0.6) is 0 Å². The zero-order chi connectivity index (χ0) is 20.2. The number of thiazole rings is 1. The van der Waals surface area contributed by atoms with Gasteiger partial charge in [-0.2, -0.15) is 0 Å². The second-order valence-corrected chi connectivity index (χ2v) is 8.26. The summed E-state index contributed by atoms with van der Waals surface area (Å²) in [5, 5.41) is 5.54. The number of aryl methyl sites for hydroxylation is 2. The number of carbonyl (C=O) groups is 1. The highest BCUT2D eigenvalue weighted by Gasteiger charge is 2.27. The van der Waals surface area contributed by atoms with Crippen LogP contribution >= 0.6 is 11.3 Å². The Hall–Kier alpha value is -2.61. The minimum atomic E-state index is -1.07. The molecule has 2 atom stereocenters. The summed E-state index contributed by atoms with van der Waals surface area (Å²) >= 11 is 1.47. The van der Waals surface area contributed by atoms with Gasteiger partial charge in [-0.05, 0) is 39.7 Å². The molecule has 146 valence electrons. The lowest BCUT2D eigenvalue weighted by Gasteiger charge is -2.27. The first-order valence-electron chi connectivity index (χ1n) is 9.06. The number of benzene rings is 1. The van der Waals surface area contributed by atoms with Gasteiger partial charge in [0.05, 0.1) is 22.3 Å². The van der Waals surface area contributed by atoms with Crippen LogP contribution in [0.1, 0.15) is 59.0 Å². The number of nitrogens with one attached hydrogen (secondary N) is 1. The van der Waals surface area contributed by atoms with E-state index in [1.54, 1.807) is 11.5 Å². The Kier molecular flexibility index (Phi) is 4.53. The van der Waals surface area contributed by atoms with E-state index in [0.29, 0.717) is 24.1 Å². The Labute approximate surface area is 164 Å². The van der Waals surface area contributed by atoms with Crippen molar-refractivity contribution in [2.24, 2.45) is 0 Å². The summed E-state index contributed by atoms with van der Waals surface area (Å²) in [6.07, 6.45) is 2.41. The maximum Gasteiger partial charge on any atom is 0.257 e. The molecule has 1 amide bonds. The highest BCUT2D eigenvalue weighted by molar-refractivity contribution is 7.09. The van der Waals surface area contributed by atoms with Crippen molar-refractivity contribution in [2.45, 2.75) is 45.7 Å². The number of pyridine rings is 1. The molecule has 0 radical (unpaired) electrons. The van der Waals surface area contributed by atoms with Crippen LogP contribution < -0.4 is 10.7 Å². The Bertz CT molecular complexity index is 1170. The fourth-order valence-corrected chi connectivity index (χ4v) is 4.41. The molecule has 3 heterocycles. The van der Waals surface area contributed by atoms with Crippen molar-refractivity contribution < 1.29 is 13.6 Å². The lowest BCUT2D eigenvalue weighted by atomic mass is 9.95. The van der Waals surface area contributed by atoms with Gasteiger partial charge in [-0.15, -0.1) is 11.3 Å². The van der Waals surface area contributed by atoms with E-state index in [9.17, 15) is 18.4 Å². The summed E-state index contributed by atoms with van der Waals surface area (Å²) < 4.78 is 30.0. The summed E-state index contributed by atoms with van der Waals surface area (Å²) in [7, 11) is 0. The Balaban J connectivity index is 1.82. The highest BCUT2D eigenvalue weighted by Crippen LogP contribution is 2.32. The van der Waals surface area contributed by atoms with Gasteiger partial charge in [-0.25, -0.2) is 13.8 Å². The van der Waals surface area contributed by atoms with E-state index in [-0.39, 0.29) is 28.6 Å². The molecule has 1 aliphatic heterocycles. The third-order valence-corrected chi connectivity index (χ3v) is 6.05. The molecule has 0 saturated carbocycles. The van der Waals surface area contributed by atoms with E-state index in [0.717, 1.165) is 11.1 Å². The fraction of sp³-hybridized carbons (Fsp3) is 0.350. The standard InChI is InChI=1S/C20H19F2N3O2S/c1-9-4-5-12-17(22)15(21)6-13-18(12)25(9)7-14(19(13)26)20(27)23-10(2)16-8-28-11(3)24-16/h6-10H,4-5H2,1-3H3,(H,23,27)/t9-,10-/m1/s1. The molecule has 0 saturated heterocycles. The molecule has 1 N–H and O–H groups in total. The van der Waals surface area contributed by atoms with E-state index >= 15 is 0 Å². The molecule has 1 aromatic carbocycles. The lowest BCUT2D eigenvalue weighted by molar-refractivity contribution is 0.0937. The van der Waals surface area contributed by atoms with Gasteiger partial charge in [0.2, 0.25) is 5.43 Å². The second kappa shape index (κ2) is 6.77. The molecule has 2 aromatic heterocycles. The Morgan fingerprint density at radius 2 is 2.18 bits per heavy atom. The van der Waals surface area contributed by atoms with Crippen molar-refractivity contribution in [1.29, 1.82) is 0 Å². The first-order chi connectivity index (χ1) is 13.3. The summed E-state index contributed by atoms with van der Waals surface area (Å²) in [6, 6.07) is 0.479. The van der Waals surface area contributed by atoms with Crippen LogP contribution in [-0.2, 0) is 6.42 Å². The number of hydrogen-bond acceptors (Lipinski definition) is 4. The van der Waals surface area contributed by atoms with Crippen molar-refractivity contribution in [3.63, 3.8) is 0 Å². The number of aromatic nitrogens is 2. The Morgan fingerprint density at radius 3 is 2.86 bits per heavy atom. The summed E-state index contributed by atoms with van der Waals surface area (Å²) in [4.78, 5) is 30.1. The molecule has 0 spiro atoms. The molecule has 0 unspecified atom stereocenters. The predicted octanol–water partition coefficient (Wildman–Crippen LogP) is 4.04. The van der Waals surface area contributed by atoms with Gasteiger partial charge in [0, 0.05) is 28.6 Å². The van der Waals surface area contributed by atoms with E-state index < -0.39 is 23.0 Å². The quantitative estimate of drug-likeness (QED) is 0.718. The van der Waals surface area contributed by atoms with Gasteiger partial charge < -0.3 is 9.88 Å². The average Bonchev–Trinajstić information content (AvgIpc) is 3.09. The van der Waals surface area contributed by atoms with Crippen LogP contribution in [0.3, 0.4) is 0 Å². The number of hydrogen-bond donors (Lipinski definition) is 1. The molecule has 28 heavy (non-hydrogen) atoms. The van der Waals surface area contributed by atoms with Gasteiger partial charge >= 0.3 is 0 Å². The van der Waals surface area contributed by atoms with Crippen molar-refractivity contribution in [2.75, 3.05) is 0 Å². The van der Waals surface area contributed by atoms with Crippen LogP contribution in [-0.4, -0.2) is 15.5 Å². The van der Waals surface area contributed by atoms with Crippen molar-refractivity contribution in [3.8, 4) is 0 Å². The number of carbonyl (C=O) groups excluding carboxylic acids is 1. The summed E-state index contributed by atoms with van der Waals surface area (Å²) in [5.41, 5.74) is 0.601. The van der Waals surface area contributed by atoms with E-state index in [4.69, 9.17) is 0 Å². The number of amides is 1. The van der Waals surface area contributed by atoms with Crippen LogP contribution in [0.15, 0.2) is 22.4 Å². The van der Waals surface area contributed by atoms with Gasteiger partial charge in [-0.1, -0.05) is 0 Å². The minimum absolute atomic E-state index is 0.0326. The third-order valence-electron chi connectivity index (χ3n) is 5.26. The molecule has 4 rings (SSSR count). The minimum Gasteiger partial charge on any atom is -0.344 e. The predicted molar refractivity (Wildman–Crippen MR) is 104 cm³/mol. The van der Waals surface area contributed by atoms with Gasteiger partial charge in [-0.3, -0.25) is 9.59 Å². The van der Waals surface area contributed by atoms with E-state index in [1.807, 2.05) is 19.2 Å². The second-order valence-electron chi connectivity index (χ2n) is 7.20. The molecule has 0 fully saturated rings. The fourth-order valence-electron chi connectivity index (χ4n) is 3.70. The largest absolute Gasteiger partial charge is 0.344 e. The number of nitrogens with zero attached hydrogens (tertiary/aromatic N) is 2. The molecule has 8 heteroatoms. The molecular weight excluding hydrogens is 384 g/mol. The monoisotopic (exact) mass is 403 g/mol. The van der Waals surface area contributed by atoms with Crippen molar-refractivity contribution in [3.05, 3.63) is 61.3 Å². The van der Waals surface area contributed by atoms with Crippen molar-refractivity contribution in [1.82, 2.24) is 14.9 Å². The maximum absolute atomic E-state index is 14.2. The SMILES string of the molecule is Cc1nc([C@@H](C)NC(=O)c2cn3c4c(c(F)c(F)cc4c2=O)CC[C@H]3C)cs1. The normalized spacial score (nSPS) is 17.0. The smallest absolute Gasteiger partial charge is 0.257 e. The molecule has 5 nitrogen and oxygen atoms in total. The third kappa shape index (κ3) is 2.92. The van der Waals surface area contributed by atoms with Crippen LogP contribution in [0, 0.1) is 18.6 Å². The van der Waals surface area contributed by atoms with Crippen molar-refractivity contribution >= 4 is 28.1 Å². The average molecular weight is 403 g/mol. The molecular formula is C20H19F2N3O2S. The van der Waals surface area contributed by atoms with E-state index in [1.165, 1.54) is 17.5 Å². The highest BCUT2D eigenvalue weighted by atomic mass is 32.1. The molecule has 0 aliphatic carbocycles. The first kappa shape index (κ1) is 18.7. The zero-order valence-corrected chi connectivity index (χ0v) is 16.5. The van der Waals surface area contributed by atoms with Crippen LogP contribution in [0.25, 0.3) is 10.9 Å². The van der Waals surface area contributed by atoms with E-state index in [2.05, 4.69) is 10.3 Å². The first-order valence-corrected chi connectivity index (χ1v) is 9.94. The topological polar surface area (TPSA) is 64.0 Å². The lowest BCUT2D eigenvalue weighted by Crippen LogP contribution is -2.33. The zero-order valence-electron chi connectivity index (χ0n) is 15.7. The Morgan fingerprint density at radius 1 is 1.43 bits per heavy atom. The van der Waals surface area contributed by atoms with Crippen LogP contribution in [0.2, 0.25) is 0 Å².